The van der Waals surface area contributed by atoms with Gasteiger partial charge in [0.2, 0.25) is 0 Å². The van der Waals surface area contributed by atoms with E-state index in [1.165, 1.54) is 19.1 Å². The molecule has 0 fully saturated rings. The largest absolute Gasteiger partial charge is 0.481 e. The third-order valence-electron chi connectivity index (χ3n) is 3.43. The average molecular weight is 323 g/mol. The van der Waals surface area contributed by atoms with Crippen molar-refractivity contribution < 1.29 is 22.8 Å². The molecule has 2 rings (SSSR count). The normalized spacial score (nSPS) is 13.0. The van der Waals surface area contributed by atoms with Gasteiger partial charge in [0.05, 0.1) is 22.3 Å². The van der Waals surface area contributed by atoms with Crippen LogP contribution in [0.1, 0.15) is 18.4 Å². The highest BCUT2D eigenvalue weighted by atomic mass is 32.2. The van der Waals surface area contributed by atoms with Crippen LogP contribution >= 0.6 is 0 Å². The fourth-order valence-corrected chi connectivity index (χ4v) is 3.76. The Morgan fingerprint density at radius 2 is 1.86 bits per heavy atom. The number of carbonyl (C=O) groups is 1. The van der Waals surface area contributed by atoms with Crippen LogP contribution in [0.4, 0.5) is 0 Å². The molecule has 1 atom stereocenters. The summed E-state index contributed by atoms with van der Waals surface area (Å²) in [5, 5.41) is 12.7. The topological polar surface area (TPSA) is 97.5 Å². The van der Waals surface area contributed by atoms with Gasteiger partial charge < -0.3 is 9.63 Å². The fraction of sp³-hybridized carbons (Fsp3) is 0.333. The van der Waals surface area contributed by atoms with E-state index < -0.39 is 27.5 Å². The van der Waals surface area contributed by atoms with Crippen LogP contribution in [0.2, 0.25) is 0 Å². The van der Waals surface area contributed by atoms with Gasteiger partial charge in [0.25, 0.3) is 0 Å². The summed E-state index contributed by atoms with van der Waals surface area (Å²) < 4.78 is 29.5. The lowest BCUT2D eigenvalue weighted by molar-refractivity contribution is -0.140. The van der Waals surface area contributed by atoms with Crippen molar-refractivity contribution in [1.29, 1.82) is 0 Å². The average Bonchev–Trinajstić information content (AvgIpc) is 2.78. The van der Waals surface area contributed by atoms with Crippen LogP contribution in [0, 0.1) is 19.8 Å². The molecule has 1 unspecified atom stereocenters. The quantitative estimate of drug-likeness (QED) is 0.907. The lowest BCUT2D eigenvalue weighted by Gasteiger charge is -2.08. The standard InChI is InChI=1S/C15H17NO5S/c1-9(15(17)18)8-22(19,20)13-6-4-12(5-7-13)14-10(2)16-21-11(14)3/h4-7,9H,8H2,1-3H3,(H,17,18). The maximum Gasteiger partial charge on any atom is 0.307 e. The maximum absolute atomic E-state index is 12.2. The highest BCUT2D eigenvalue weighted by molar-refractivity contribution is 7.91. The molecule has 0 spiro atoms. The van der Waals surface area contributed by atoms with Crippen LogP contribution in [0.3, 0.4) is 0 Å². The number of carboxylic acid groups (broad SMARTS) is 1. The third kappa shape index (κ3) is 3.19. The molecule has 0 aliphatic rings. The molecule has 1 aromatic carbocycles. The van der Waals surface area contributed by atoms with Crippen molar-refractivity contribution in [2.75, 3.05) is 5.75 Å². The van der Waals surface area contributed by atoms with E-state index in [0.717, 1.165) is 16.8 Å². The first-order valence-corrected chi connectivity index (χ1v) is 8.36. The lowest BCUT2D eigenvalue weighted by atomic mass is 10.0. The van der Waals surface area contributed by atoms with Crippen molar-refractivity contribution in [3.8, 4) is 11.1 Å². The second-order valence-corrected chi connectivity index (χ2v) is 7.28. The molecule has 0 saturated heterocycles. The van der Waals surface area contributed by atoms with Gasteiger partial charge in [0.15, 0.2) is 9.84 Å². The summed E-state index contributed by atoms with van der Waals surface area (Å²) in [7, 11) is -3.63. The summed E-state index contributed by atoms with van der Waals surface area (Å²) in [4.78, 5) is 10.9. The predicted molar refractivity (Wildman–Crippen MR) is 80.3 cm³/mol. The van der Waals surface area contributed by atoms with E-state index in [0.29, 0.717) is 5.76 Å². The zero-order valence-corrected chi connectivity index (χ0v) is 13.3. The maximum atomic E-state index is 12.2. The van der Waals surface area contributed by atoms with Gasteiger partial charge in [0.1, 0.15) is 5.76 Å². The first-order chi connectivity index (χ1) is 10.2. The molecule has 0 bridgehead atoms. The number of nitrogens with zero attached hydrogens (tertiary/aromatic N) is 1. The number of rotatable bonds is 5. The minimum absolute atomic E-state index is 0.108. The minimum atomic E-state index is -3.63. The number of aliphatic carboxylic acids is 1. The highest BCUT2D eigenvalue weighted by Crippen LogP contribution is 2.28. The van der Waals surface area contributed by atoms with Crippen molar-refractivity contribution in [3.63, 3.8) is 0 Å². The second kappa shape index (κ2) is 5.92. The van der Waals surface area contributed by atoms with Crippen molar-refractivity contribution >= 4 is 15.8 Å². The van der Waals surface area contributed by atoms with Gasteiger partial charge in [-0.3, -0.25) is 4.79 Å². The number of hydrogen-bond acceptors (Lipinski definition) is 5. The van der Waals surface area contributed by atoms with Crippen LogP contribution in [-0.2, 0) is 14.6 Å². The summed E-state index contributed by atoms with van der Waals surface area (Å²) in [5.41, 5.74) is 2.37. The van der Waals surface area contributed by atoms with Gasteiger partial charge in [-0.05, 0) is 31.5 Å². The van der Waals surface area contributed by atoms with Crippen LogP contribution in [0.25, 0.3) is 11.1 Å². The van der Waals surface area contributed by atoms with E-state index in [9.17, 15) is 13.2 Å². The Bertz CT molecular complexity index is 770. The minimum Gasteiger partial charge on any atom is -0.481 e. The molecule has 7 heteroatoms. The molecular formula is C15H17NO5S. The van der Waals surface area contributed by atoms with E-state index in [-0.39, 0.29) is 4.90 Å². The lowest BCUT2D eigenvalue weighted by Crippen LogP contribution is -2.21. The zero-order chi connectivity index (χ0) is 16.5. The van der Waals surface area contributed by atoms with Gasteiger partial charge in [-0.25, -0.2) is 8.42 Å². The Hall–Kier alpha value is -2.15. The number of aryl methyl sites for hydroxylation is 2. The van der Waals surface area contributed by atoms with Crippen molar-refractivity contribution in [2.24, 2.45) is 5.92 Å². The molecule has 1 aromatic heterocycles. The van der Waals surface area contributed by atoms with Gasteiger partial charge in [-0.2, -0.15) is 0 Å². The highest BCUT2D eigenvalue weighted by Gasteiger charge is 2.23. The molecule has 6 nitrogen and oxygen atoms in total. The van der Waals surface area contributed by atoms with Crippen LogP contribution < -0.4 is 0 Å². The number of carboxylic acids is 1. The Kier molecular flexibility index (Phi) is 4.37. The molecule has 0 saturated carbocycles. The number of aromatic nitrogens is 1. The summed E-state index contributed by atoms with van der Waals surface area (Å²) in [6.07, 6.45) is 0. The first-order valence-electron chi connectivity index (χ1n) is 6.71. The van der Waals surface area contributed by atoms with Crippen LogP contribution in [0.15, 0.2) is 33.7 Å². The van der Waals surface area contributed by atoms with Crippen LogP contribution in [-0.4, -0.2) is 30.4 Å². The van der Waals surface area contributed by atoms with Gasteiger partial charge in [-0.15, -0.1) is 0 Å². The van der Waals surface area contributed by atoms with Gasteiger partial charge >= 0.3 is 5.97 Å². The first kappa shape index (κ1) is 16.2. The molecule has 2 aromatic rings. The van der Waals surface area contributed by atoms with Gasteiger partial charge in [-0.1, -0.05) is 24.2 Å². The van der Waals surface area contributed by atoms with E-state index in [1.807, 2.05) is 6.92 Å². The number of sulfone groups is 1. The summed E-state index contributed by atoms with van der Waals surface area (Å²) in [6, 6.07) is 6.30. The van der Waals surface area contributed by atoms with Crippen LogP contribution in [0.5, 0.6) is 0 Å². The van der Waals surface area contributed by atoms with Crippen molar-refractivity contribution in [3.05, 3.63) is 35.7 Å². The number of benzene rings is 1. The molecule has 0 radical (unpaired) electrons. The smallest absolute Gasteiger partial charge is 0.307 e. The van der Waals surface area contributed by atoms with Crippen molar-refractivity contribution in [1.82, 2.24) is 5.16 Å². The third-order valence-corrected chi connectivity index (χ3v) is 5.36. The van der Waals surface area contributed by atoms with E-state index >= 15 is 0 Å². The monoisotopic (exact) mass is 323 g/mol. The number of hydrogen-bond donors (Lipinski definition) is 1. The Balaban J connectivity index is 2.31. The molecule has 0 aliphatic heterocycles. The summed E-state index contributed by atoms with van der Waals surface area (Å²) >= 11 is 0. The zero-order valence-electron chi connectivity index (χ0n) is 12.5. The molecule has 1 N–H and O–H groups in total. The van der Waals surface area contributed by atoms with Crippen molar-refractivity contribution in [2.45, 2.75) is 25.7 Å². The fourth-order valence-electron chi connectivity index (χ4n) is 2.22. The van der Waals surface area contributed by atoms with Gasteiger partial charge in [0, 0.05) is 5.56 Å². The Labute approximate surface area is 128 Å². The predicted octanol–water partition coefficient (Wildman–Crippen LogP) is 2.45. The van der Waals surface area contributed by atoms with E-state index in [1.54, 1.807) is 19.1 Å². The molecule has 22 heavy (non-hydrogen) atoms. The summed E-state index contributed by atoms with van der Waals surface area (Å²) in [6.45, 7) is 4.97. The Morgan fingerprint density at radius 3 is 2.32 bits per heavy atom. The van der Waals surface area contributed by atoms with E-state index in [2.05, 4.69) is 5.16 Å². The molecular weight excluding hydrogens is 306 g/mol. The second-order valence-electron chi connectivity index (χ2n) is 5.24. The summed E-state index contributed by atoms with van der Waals surface area (Å²) in [5.74, 6) is -1.84. The van der Waals surface area contributed by atoms with E-state index in [4.69, 9.17) is 9.63 Å². The molecule has 0 amide bonds. The SMILES string of the molecule is Cc1noc(C)c1-c1ccc(S(=O)(=O)CC(C)C(=O)O)cc1. The molecule has 0 aliphatic carbocycles. The molecule has 118 valence electrons. The molecule has 1 heterocycles. The Morgan fingerprint density at radius 1 is 1.27 bits per heavy atom.